The van der Waals surface area contributed by atoms with Crippen LogP contribution in [0.15, 0.2) is 30.3 Å². The van der Waals surface area contributed by atoms with E-state index in [1.54, 1.807) is 0 Å². The van der Waals surface area contributed by atoms with Gasteiger partial charge in [-0.15, -0.1) is 0 Å². The van der Waals surface area contributed by atoms with Crippen molar-refractivity contribution in [3.63, 3.8) is 0 Å². The summed E-state index contributed by atoms with van der Waals surface area (Å²) in [6, 6.07) is 11.5. The highest BCUT2D eigenvalue weighted by atomic mass is 32.2. The van der Waals surface area contributed by atoms with Crippen LogP contribution in [0.2, 0.25) is 0 Å². The molecule has 0 aliphatic carbocycles. The van der Waals surface area contributed by atoms with Crippen molar-refractivity contribution < 1.29 is 0 Å². The number of thioether (sulfide) groups is 1. The zero-order valence-corrected chi connectivity index (χ0v) is 11.9. The van der Waals surface area contributed by atoms with Gasteiger partial charge in [-0.1, -0.05) is 44.2 Å². The Kier molecular flexibility index (Phi) is 8.20. The number of benzene rings is 1. The van der Waals surface area contributed by atoms with Crippen molar-refractivity contribution in [3.05, 3.63) is 35.9 Å². The third kappa shape index (κ3) is 6.75. The van der Waals surface area contributed by atoms with Crippen LogP contribution < -0.4 is 5.32 Å². The van der Waals surface area contributed by atoms with Crippen LogP contribution >= 0.6 is 11.8 Å². The summed E-state index contributed by atoms with van der Waals surface area (Å²) < 4.78 is 0. The zero-order chi connectivity index (χ0) is 12.3. The minimum absolute atomic E-state index is 0.689. The van der Waals surface area contributed by atoms with Crippen LogP contribution in [0.25, 0.3) is 0 Å². The molecule has 0 saturated heterocycles. The molecular weight excluding hydrogens is 226 g/mol. The smallest absolute Gasteiger partial charge is 0.0158 e. The maximum absolute atomic E-state index is 3.58. The highest BCUT2D eigenvalue weighted by Crippen LogP contribution is 2.10. The average molecular weight is 251 g/mol. The van der Waals surface area contributed by atoms with E-state index in [2.05, 4.69) is 49.5 Å². The molecule has 0 bridgehead atoms. The molecule has 0 fully saturated rings. The van der Waals surface area contributed by atoms with E-state index in [9.17, 15) is 0 Å². The largest absolute Gasteiger partial charge is 0.313 e. The zero-order valence-electron chi connectivity index (χ0n) is 11.1. The SMILES string of the molecule is CCNC(CCCc1ccccc1)CSCC. The Hall–Kier alpha value is -0.470. The minimum Gasteiger partial charge on any atom is -0.313 e. The molecular formula is C15H25NS. The van der Waals surface area contributed by atoms with Crippen LogP contribution in [0.5, 0.6) is 0 Å². The number of rotatable bonds is 9. The second-order valence-electron chi connectivity index (χ2n) is 4.29. The second-order valence-corrected chi connectivity index (χ2v) is 5.61. The van der Waals surface area contributed by atoms with Gasteiger partial charge in [0, 0.05) is 11.8 Å². The lowest BCUT2D eigenvalue weighted by molar-refractivity contribution is 0.519. The Labute approximate surface area is 110 Å². The molecule has 1 aromatic carbocycles. The van der Waals surface area contributed by atoms with Crippen LogP contribution in [0, 0.1) is 0 Å². The highest BCUT2D eigenvalue weighted by Gasteiger charge is 2.06. The molecule has 1 nitrogen and oxygen atoms in total. The molecule has 0 amide bonds. The Morgan fingerprint density at radius 2 is 1.94 bits per heavy atom. The van der Waals surface area contributed by atoms with Crippen molar-refractivity contribution >= 4 is 11.8 Å². The molecule has 0 aliphatic heterocycles. The van der Waals surface area contributed by atoms with Gasteiger partial charge < -0.3 is 5.32 Å². The van der Waals surface area contributed by atoms with E-state index >= 15 is 0 Å². The fourth-order valence-corrected chi connectivity index (χ4v) is 2.80. The molecule has 1 N–H and O–H groups in total. The third-order valence-corrected chi connectivity index (χ3v) is 3.92. The van der Waals surface area contributed by atoms with Gasteiger partial charge in [0.25, 0.3) is 0 Å². The van der Waals surface area contributed by atoms with Crippen LogP contribution in [-0.4, -0.2) is 24.1 Å². The Bertz CT molecular complexity index is 274. The molecule has 96 valence electrons. The van der Waals surface area contributed by atoms with Gasteiger partial charge in [-0.25, -0.2) is 0 Å². The maximum Gasteiger partial charge on any atom is 0.0158 e. The van der Waals surface area contributed by atoms with Gasteiger partial charge in [-0.2, -0.15) is 11.8 Å². The molecule has 0 saturated carbocycles. The summed E-state index contributed by atoms with van der Waals surface area (Å²) in [5.74, 6) is 2.47. The summed E-state index contributed by atoms with van der Waals surface area (Å²) in [5, 5.41) is 3.58. The topological polar surface area (TPSA) is 12.0 Å². The first kappa shape index (κ1) is 14.6. The van der Waals surface area contributed by atoms with Gasteiger partial charge in [0.2, 0.25) is 0 Å². The molecule has 0 aliphatic rings. The van der Waals surface area contributed by atoms with Gasteiger partial charge >= 0.3 is 0 Å². The van der Waals surface area contributed by atoms with Crippen molar-refractivity contribution in [1.82, 2.24) is 5.32 Å². The molecule has 0 radical (unpaired) electrons. The minimum atomic E-state index is 0.689. The van der Waals surface area contributed by atoms with E-state index < -0.39 is 0 Å². The van der Waals surface area contributed by atoms with Crippen molar-refractivity contribution in [2.75, 3.05) is 18.1 Å². The normalized spacial score (nSPS) is 12.6. The Morgan fingerprint density at radius 1 is 1.18 bits per heavy atom. The Morgan fingerprint density at radius 3 is 2.59 bits per heavy atom. The van der Waals surface area contributed by atoms with Crippen molar-refractivity contribution in [3.8, 4) is 0 Å². The maximum atomic E-state index is 3.58. The summed E-state index contributed by atoms with van der Waals surface area (Å²) in [7, 11) is 0. The van der Waals surface area contributed by atoms with E-state index in [0.29, 0.717) is 6.04 Å². The predicted octanol–water partition coefficient (Wildman–Crippen LogP) is 3.74. The van der Waals surface area contributed by atoms with Crippen LogP contribution in [0.3, 0.4) is 0 Å². The molecule has 0 heterocycles. The molecule has 17 heavy (non-hydrogen) atoms. The van der Waals surface area contributed by atoms with Gasteiger partial charge in [0.05, 0.1) is 0 Å². The molecule has 1 aromatic rings. The summed E-state index contributed by atoms with van der Waals surface area (Å²) >= 11 is 2.04. The molecule has 0 spiro atoms. The molecule has 1 atom stereocenters. The first-order valence-electron chi connectivity index (χ1n) is 6.71. The summed E-state index contributed by atoms with van der Waals surface area (Å²) in [4.78, 5) is 0. The van der Waals surface area contributed by atoms with E-state index in [1.807, 2.05) is 11.8 Å². The van der Waals surface area contributed by atoms with Crippen LogP contribution in [-0.2, 0) is 6.42 Å². The van der Waals surface area contributed by atoms with Gasteiger partial charge in [-0.05, 0) is 37.1 Å². The van der Waals surface area contributed by atoms with E-state index in [0.717, 1.165) is 6.54 Å². The number of hydrogen-bond donors (Lipinski definition) is 1. The second kappa shape index (κ2) is 9.55. The van der Waals surface area contributed by atoms with Crippen LogP contribution in [0.4, 0.5) is 0 Å². The standard InChI is InChI=1S/C15H25NS/c1-3-16-15(13-17-4-2)12-8-11-14-9-6-5-7-10-14/h5-7,9-10,15-16H,3-4,8,11-13H2,1-2H3. The van der Waals surface area contributed by atoms with Crippen LogP contribution in [0.1, 0.15) is 32.3 Å². The third-order valence-electron chi connectivity index (χ3n) is 2.88. The lowest BCUT2D eigenvalue weighted by Gasteiger charge is -2.17. The molecule has 2 heteroatoms. The molecule has 1 rings (SSSR count). The number of hydrogen-bond acceptors (Lipinski definition) is 2. The monoisotopic (exact) mass is 251 g/mol. The first-order valence-corrected chi connectivity index (χ1v) is 7.87. The van der Waals surface area contributed by atoms with E-state index in [-0.39, 0.29) is 0 Å². The summed E-state index contributed by atoms with van der Waals surface area (Å²) in [6.45, 7) is 5.51. The van der Waals surface area contributed by atoms with Crippen molar-refractivity contribution in [2.24, 2.45) is 0 Å². The fourth-order valence-electron chi connectivity index (χ4n) is 1.99. The number of nitrogens with one attached hydrogen (secondary N) is 1. The average Bonchev–Trinajstić information content (AvgIpc) is 2.37. The van der Waals surface area contributed by atoms with Gasteiger partial charge in [-0.3, -0.25) is 0 Å². The predicted molar refractivity (Wildman–Crippen MR) is 79.8 cm³/mol. The summed E-state index contributed by atoms with van der Waals surface area (Å²) in [5.41, 5.74) is 1.46. The summed E-state index contributed by atoms with van der Waals surface area (Å²) in [6.07, 6.45) is 3.78. The highest BCUT2D eigenvalue weighted by molar-refractivity contribution is 7.99. The van der Waals surface area contributed by atoms with Crippen molar-refractivity contribution in [1.29, 1.82) is 0 Å². The fraction of sp³-hybridized carbons (Fsp3) is 0.600. The molecule has 1 unspecified atom stereocenters. The lowest BCUT2D eigenvalue weighted by Crippen LogP contribution is -2.31. The van der Waals surface area contributed by atoms with E-state index in [1.165, 1.54) is 36.3 Å². The first-order chi connectivity index (χ1) is 8.36. The quantitative estimate of drug-likeness (QED) is 0.717. The lowest BCUT2D eigenvalue weighted by atomic mass is 10.1. The van der Waals surface area contributed by atoms with Crippen molar-refractivity contribution in [2.45, 2.75) is 39.2 Å². The Balaban J connectivity index is 2.22. The van der Waals surface area contributed by atoms with Gasteiger partial charge in [0.1, 0.15) is 0 Å². The van der Waals surface area contributed by atoms with Gasteiger partial charge in [0.15, 0.2) is 0 Å². The number of aryl methyl sites for hydroxylation is 1. The molecule has 0 aromatic heterocycles. The van der Waals surface area contributed by atoms with E-state index in [4.69, 9.17) is 0 Å².